The number of benzene rings is 1. The monoisotopic (exact) mass is 291 g/mol. The molecule has 0 amide bonds. The molecule has 0 bridgehead atoms. The summed E-state index contributed by atoms with van der Waals surface area (Å²) >= 11 is 5.87. The molecule has 1 aromatic carbocycles. The van der Waals surface area contributed by atoms with E-state index in [4.69, 9.17) is 11.6 Å². The Bertz CT molecular complexity index is 542. The molecule has 1 rings (SSSR count). The predicted molar refractivity (Wildman–Crippen MR) is 68.0 cm³/mol. The van der Waals surface area contributed by atoms with Gasteiger partial charge in [0.15, 0.2) is 0 Å². The van der Waals surface area contributed by atoms with Crippen LogP contribution >= 0.6 is 11.6 Å². The minimum Gasteiger partial charge on any atom is -0.469 e. The Labute approximate surface area is 111 Å². The van der Waals surface area contributed by atoms with Crippen molar-refractivity contribution in [3.63, 3.8) is 0 Å². The summed E-state index contributed by atoms with van der Waals surface area (Å²) < 4.78 is 30.5. The fourth-order valence-electron chi connectivity index (χ4n) is 1.29. The lowest BCUT2D eigenvalue weighted by Crippen LogP contribution is -2.26. The third kappa shape index (κ3) is 3.97. The highest BCUT2D eigenvalue weighted by molar-refractivity contribution is 7.89. The van der Waals surface area contributed by atoms with Gasteiger partial charge in [-0.2, -0.15) is 0 Å². The number of sulfonamides is 1. The normalized spacial score (nSPS) is 11.3. The Balaban J connectivity index is 2.77. The summed E-state index contributed by atoms with van der Waals surface area (Å²) in [5.74, 6) is -0.479. The van der Waals surface area contributed by atoms with Crippen molar-refractivity contribution in [2.45, 2.75) is 18.2 Å². The van der Waals surface area contributed by atoms with Crippen LogP contribution in [0, 0.1) is 6.92 Å². The van der Waals surface area contributed by atoms with Gasteiger partial charge in [-0.3, -0.25) is 4.79 Å². The standard InChI is InChI=1S/C11H14ClNO4S/c1-8-3-4-10(9(12)7-8)18(15,16)13-6-5-11(14)17-2/h3-4,7,13H,5-6H2,1-2H3. The summed E-state index contributed by atoms with van der Waals surface area (Å²) in [6, 6.07) is 4.65. The molecule has 0 unspecified atom stereocenters. The largest absolute Gasteiger partial charge is 0.469 e. The van der Waals surface area contributed by atoms with E-state index in [1.54, 1.807) is 12.1 Å². The smallest absolute Gasteiger partial charge is 0.306 e. The number of nitrogens with one attached hydrogen (secondary N) is 1. The van der Waals surface area contributed by atoms with Crippen molar-refractivity contribution in [2.75, 3.05) is 13.7 Å². The van der Waals surface area contributed by atoms with Crippen LogP contribution in [0.3, 0.4) is 0 Å². The second-order valence-electron chi connectivity index (χ2n) is 3.66. The lowest BCUT2D eigenvalue weighted by molar-refractivity contribution is -0.140. The second-order valence-corrected chi connectivity index (χ2v) is 5.80. The molecule has 0 spiro atoms. The van der Waals surface area contributed by atoms with Crippen molar-refractivity contribution in [3.8, 4) is 0 Å². The zero-order valence-electron chi connectivity index (χ0n) is 10.1. The van der Waals surface area contributed by atoms with Crippen molar-refractivity contribution in [2.24, 2.45) is 0 Å². The molecular weight excluding hydrogens is 278 g/mol. The number of ether oxygens (including phenoxy) is 1. The maximum absolute atomic E-state index is 11.9. The van der Waals surface area contributed by atoms with Gasteiger partial charge in [-0.15, -0.1) is 0 Å². The summed E-state index contributed by atoms with van der Waals surface area (Å²) in [6.07, 6.45) is -0.0286. The molecule has 0 aliphatic rings. The number of hydrogen-bond donors (Lipinski definition) is 1. The topological polar surface area (TPSA) is 72.5 Å². The molecule has 0 aliphatic heterocycles. The highest BCUT2D eigenvalue weighted by Crippen LogP contribution is 2.22. The first-order chi connectivity index (χ1) is 8.36. The summed E-state index contributed by atoms with van der Waals surface area (Å²) in [6.45, 7) is 1.78. The predicted octanol–water partition coefficient (Wildman–Crippen LogP) is 1.49. The molecular formula is C11H14ClNO4S. The molecule has 0 aliphatic carbocycles. The molecule has 0 atom stereocenters. The number of methoxy groups -OCH3 is 1. The molecule has 0 radical (unpaired) electrons. The summed E-state index contributed by atoms with van der Waals surface area (Å²) in [5.41, 5.74) is 0.869. The van der Waals surface area contributed by atoms with Crippen LogP contribution in [0.5, 0.6) is 0 Å². The van der Waals surface area contributed by atoms with Gasteiger partial charge >= 0.3 is 5.97 Å². The van der Waals surface area contributed by atoms with E-state index in [0.717, 1.165) is 5.56 Å². The van der Waals surface area contributed by atoms with Gasteiger partial charge in [-0.1, -0.05) is 17.7 Å². The van der Waals surface area contributed by atoms with E-state index in [9.17, 15) is 13.2 Å². The third-order valence-corrected chi connectivity index (χ3v) is 4.17. The van der Waals surface area contributed by atoms with Gasteiger partial charge in [-0.25, -0.2) is 13.1 Å². The molecule has 7 heteroatoms. The molecule has 0 saturated carbocycles. The van der Waals surface area contributed by atoms with E-state index < -0.39 is 16.0 Å². The van der Waals surface area contributed by atoms with Gasteiger partial charge in [0.2, 0.25) is 10.0 Å². The van der Waals surface area contributed by atoms with E-state index in [1.165, 1.54) is 13.2 Å². The van der Waals surface area contributed by atoms with Crippen molar-refractivity contribution in [3.05, 3.63) is 28.8 Å². The second kappa shape index (κ2) is 6.17. The highest BCUT2D eigenvalue weighted by Gasteiger charge is 2.17. The zero-order chi connectivity index (χ0) is 13.8. The van der Waals surface area contributed by atoms with Crippen LogP contribution in [0.25, 0.3) is 0 Å². The van der Waals surface area contributed by atoms with Crippen LogP contribution in [0.15, 0.2) is 23.1 Å². The fraction of sp³-hybridized carbons (Fsp3) is 0.364. The molecule has 0 heterocycles. The first kappa shape index (κ1) is 14.9. The Hall–Kier alpha value is -1.11. The van der Waals surface area contributed by atoms with E-state index in [0.29, 0.717) is 0 Å². The van der Waals surface area contributed by atoms with Crippen molar-refractivity contribution >= 4 is 27.6 Å². The first-order valence-electron chi connectivity index (χ1n) is 5.19. The number of hydrogen-bond acceptors (Lipinski definition) is 4. The third-order valence-electron chi connectivity index (χ3n) is 2.23. The average molecular weight is 292 g/mol. The molecule has 5 nitrogen and oxygen atoms in total. The van der Waals surface area contributed by atoms with Gasteiger partial charge in [0.05, 0.1) is 18.6 Å². The number of carbonyl (C=O) groups is 1. The van der Waals surface area contributed by atoms with Crippen molar-refractivity contribution in [1.29, 1.82) is 0 Å². The van der Waals surface area contributed by atoms with E-state index in [-0.39, 0.29) is 22.9 Å². The lowest BCUT2D eigenvalue weighted by Gasteiger charge is -2.08. The van der Waals surface area contributed by atoms with Crippen LogP contribution in [0.2, 0.25) is 5.02 Å². The number of rotatable bonds is 5. The summed E-state index contributed by atoms with van der Waals surface area (Å²) in [7, 11) is -2.46. The number of halogens is 1. The molecule has 0 fully saturated rings. The minimum absolute atomic E-state index is 0.000340. The SMILES string of the molecule is COC(=O)CCNS(=O)(=O)c1ccc(C)cc1Cl. The summed E-state index contributed by atoms with van der Waals surface area (Å²) in [5, 5.41) is 0.153. The number of carbonyl (C=O) groups excluding carboxylic acids is 1. The molecule has 1 aromatic rings. The van der Waals surface area contributed by atoms with Gasteiger partial charge < -0.3 is 4.74 Å². The average Bonchev–Trinajstić information content (AvgIpc) is 2.27. The quantitative estimate of drug-likeness (QED) is 0.834. The van der Waals surface area contributed by atoms with E-state index >= 15 is 0 Å². The van der Waals surface area contributed by atoms with E-state index in [2.05, 4.69) is 9.46 Å². The Morgan fingerprint density at radius 1 is 1.44 bits per heavy atom. The maximum Gasteiger partial charge on any atom is 0.306 e. The van der Waals surface area contributed by atoms with Gasteiger partial charge in [-0.05, 0) is 24.6 Å². The maximum atomic E-state index is 11.9. The van der Waals surface area contributed by atoms with Crippen LogP contribution < -0.4 is 4.72 Å². The Kier molecular flexibility index (Phi) is 5.13. The van der Waals surface area contributed by atoms with Crippen LogP contribution in [-0.4, -0.2) is 28.0 Å². The van der Waals surface area contributed by atoms with E-state index in [1.807, 2.05) is 6.92 Å². The zero-order valence-corrected chi connectivity index (χ0v) is 11.6. The highest BCUT2D eigenvalue weighted by atomic mass is 35.5. The van der Waals surface area contributed by atoms with Gasteiger partial charge in [0, 0.05) is 6.54 Å². The number of esters is 1. The first-order valence-corrected chi connectivity index (χ1v) is 7.05. The number of aryl methyl sites for hydroxylation is 1. The molecule has 0 aromatic heterocycles. The van der Waals surface area contributed by atoms with Crippen molar-refractivity contribution < 1.29 is 17.9 Å². The molecule has 18 heavy (non-hydrogen) atoms. The van der Waals surface area contributed by atoms with Gasteiger partial charge in [0.1, 0.15) is 4.90 Å². The van der Waals surface area contributed by atoms with Crippen LogP contribution in [0.1, 0.15) is 12.0 Å². The van der Waals surface area contributed by atoms with Crippen LogP contribution in [-0.2, 0) is 19.6 Å². The van der Waals surface area contributed by atoms with Crippen LogP contribution in [0.4, 0.5) is 0 Å². The Morgan fingerprint density at radius 2 is 2.11 bits per heavy atom. The molecule has 1 N–H and O–H groups in total. The fourth-order valence-corrected chi connectivity index (χ4v) is 2.92. The lowest BCUT2D eigenvalue weighted by atomic mass is 10.2. The molecule has 0 saturated heterocycles. The minimum atomic E-state index is -3.70. The summed E-state index contributed by atoms with van der Waals surface area (Å²) in [4.78, 5) is 10.9. The molecule has 100 valence electrons. The van der Waals surface area contributed by atoms with Crippen molar-refractivity contribution in [1.82, 2.24) is 4.72 Å². The van der Waals surface area contributed by atoms with Gasteiger partial charge in [0.25, 0.3) is 0 Å². The Morgan fingerprint density at radius 3 is 2.67 bits per heavy atom.